The highest BCUT2D eigenvalue weighted by molar-refractivity contribution is 5.84. The SMILES string of the molecule is COc1cccc(C2NC(=O)C3COCCN32)c1. The van der Waals surface area contributed by atoms with E-state index in [1.807, 2.05) is 24.3 Å². The number of carbonyl (C=O) groups is 1. The van der Waals surface area contributed by atoms with Crippen molar-refractivity contribution in [2.75, 3.05) is 26.9 Å². The normalized spacial score (nSPS) is 27.7. The fraction of sp³-hybridized carbons (Fsp3) is 0.462. The molecule has 0 aliphatic carbocycles. The van der Waals surface area contributed by atoms with Crippen LogP contribution < -0.4 is 10.1 Å². The molecule has 2 fully saturated rings. The van der Waals surface area contributed by atoms with Gasteiger partial charge in [-0.15, -0.1) is 0 Å². The second-order valence-corrected chi connectivity index (χ2v) is 4.52. The topological polar surface area (TPSA) is 50.8 Å². The average molecular weight is 248 g/mol. The third-order valence-corrected chi connectivity index (χ3v) is 3.49. The number of amides is 1. The van der Waals surface area contributed by atoms with Crippen molar-refractivity contribution >= 4 is 5.91 Å². The molecule has 5 heteroatoms. The molecule has 0 saturated carbocycles. The molecule has 2 unspecified atom stereocenters. The molecule has 1 aromatic carbocycles. The van der Waals surface area contributed by atoms with Gasteiger partial charge in [-0.3, -0.25) is 9.69 Å². The first-order valence-corrected chi connectivity index (χ1v) is 6.07. The molecule has 96 valence electrons. The lowest BCUT2D eigenvalue weighted by atomic mass is 10.1. The van der Waals surface area contributed by atoms with Crippen LogP contribution in [-0.2, 0) is 9.53 Å². The molecule has 2 atom stereocenters. The summed E-state index contributed by atoms with van der Waals surface area (Å²) < 4.78 is 10.6. The number of ether oxygens (including phenoxy) is 2. The number of rotatable bonds is 2. The van der Waals surface area contributed by atoms with E-state index in [2.05, 4.69) is 10.2 Å². The van der Waals surface area contributed by atoms with Crippen LogP contribution >= 0.6 is 0 Å². The van der Waals surface area contributed by atoms with Crippen molar-refractivity contribution in [2.24, 2.45) is 0 Å². The highest BCUT2D eigenvalue weighted by atomic mass is 16.5. The van der Waals surface area contributed by atoms with Crippen LogP contribution in [0.3, 0.4) is 0 Å². The molecule has 0 spiro atoms. The zero-order chi connectivity index (χ0) is 12.5. The highest BCUT2D eigenvalue weighted by Crippen LogP contribution is 2.29. The summed E-state index contributed by atoms with van der Waals surface area (Å²) in [6.07, 6.45) is -0.0681. The van der Waals surface area contributed by atoms with Gasteiger partial charge >= 0.3 is 0 Å². The molecule has 2 saturated heterocycles. The van der Waals surface area contributed by atoms with Crippen LogP contribution in [0.25, 0.3) is 0 Å². The lowest BCUT2D eigenvalue weighted by molar-refractivity contribution is -0.125. The Morgan fingerprint density at radius 1 is 1.50 bits per heavy atom. The first-order chi connectivity index (χ1) is 8.79. The summed E-state index contributed by atoms with van der Waals surface area (Å²) in [6.45, 7) is 1.92. The van der Waals surface area contributed by atoms with E-state index < -0.39 is 0 Å². The number of nitrogens with zero attached hydrogens (tertiary/aromatic N) is 1. The van der Waals surface area contributed by atoms with Crippen LogP contribution in [0.1, 0.15) is 11.7 Å². The smallest absolute Gasteiger partial charge is 0.241 e. The summed E-state index contributed by atoms with van der Waals surface area (Å²) in [5, 5.41) is 3.01. The van der Waals surface area contributed by atoms with Crippen molar-refractivity contribution in [3.05, 3.63) is 29.8 Å². The van der Waals surface area contributed by atoms with E-state index in [1.165, 1.54) is 0 Å². The van der Waals surface area contributed by atoms with Crippen LogP contribution in [0.4, 0.5) is 0 Å². The van der Waals surface area contributed by atoms with Crippen LogP contribution in [0, 0.1) is 0 Å². The summed E-state index contributed by atoms with van der Waals surface area (Å²) in [4.78, 5) is 14.0. The molecule has 0 radical (unpaired) electrons. The molecule has 2 heterocycles. The van der Waals surface area contributed by atoms with Gasteiger partial charge in [0.2, 0.25) is 5.91 Å². The molecule has 1 aromatic rings. The van der Waals surface area contributed by atoms with E-state index >= 15 is 0 Å². The van der Waals surface area contributed by atoms with E-state index in [1.54, 1.807) is 7.11 Å². The Hall–Kier alpha value is -1.59. The molecular weight excluding hydrogens is 232 g/mol. The van der Waals surface area contributed by atoms with E-state index in [-0.39, 0.29) is 18.1 Å². The zero-order valence-corrected chi connectivity index (χ0v) is 10.3. The number of hydrogen-bond donors (Lipinski definition) is 1. The van der Waals surface area contributed by atoms with Crippen LogP contribution in [0.15, 0.2) is 24.3 Å². The number of fused-ring (bicyclic) bond motifs is 1. The van der Waals surface area contributed by atoms with Gasteiger partial charge < -0.3 is 14.8 Å². The van der Waals surface area contributed by atoms with Crippen molar-refractivity contribution in [2.45, 2.75) is 12.2 Å². The van der Waals surface area contributed by atoms with Crippen molar-refractivity contribution < 1.29 is 14.3 Å². The summed E-state index contributed by atoms with van der Waals surface area (Å²) in [6, 6.07) is 7.65. The molecule has 2 aliphatic rings. The molecule has 2 aliphatic heterocycles. The maximum Gasteiger partial charge on any atom is 0.241 e. The van der Waals surface area contributed by atoms with Crippen molar-refractivity contribution in [1.82, 2.24) is 10.2 Å². The molecule has 0 bridgehead atoms. The van der Waals surface area contributed by atoms with Crippen LogP contribution in [0.2, 0.25) is 0 Å². The number of nitrogens with one attached hydrogen (secondary N) is 1. The number of methoxy groups -OCH3 is 1. The lowest BCUT2D eigenvalue weighted by Crippen LogP contribution is -2.44. The summed E-state index contributed by atoms with van der Waals surface area (Å²) >= 11 is 0. The number of benzene rings is 1. The monoisotopic (exact) mass is 248 g/mol. The fourth-order valence-electron chi connectivity index (χ4n) is 2.55. The van der Waals surface area contributed by atoms with Crippen molar-refractivity contribution in [3.8, 4) is 5.75 Å². The Morgan fingerprint density at radius 2 is 2.39 bits per heavy atom. The van der Waals surface area contributed by atoms with Gasteiger partial charge in [0.1, 0.15) is 18.0 Å². The second-order valence-electron chi connectivity index (χ2n) is 4.52. The minimum atomic E-state index is -0.157. The van der Waals surface area contributed by atoms with E-state index in [0.717, 1.165) is 17.9 Å². The van der Waals surface area contributed by atoms with E-state index in [0.29, 0.717) is 13.2 Å². The Labute approximate surface area is 106 Å². The van der Waals surface area contributed by atoms with Gasteiger partial charge in [0.25, 0.3) is 0 Å². The van der Waals surface area contributed by atoms with Gasteiger partial charge in [-0.05, 0) is 17.7 Å². The molecule has 1 N–H and O–H groups in total. The predicted molar refractivity (Wildman–Crippen MR) is 65.2 cm³/mol. The Morgan fingerprint density at radius 3 is 3.22 bits per heavy atom. The Balaban J connectivity index is 1.89. The number of carbonyl (C=O) groups excluding carboxylic acids is 1. The van der Waals surface area contributed by atoms with Crippen molar-refractivity contribution in [1.29, 1.82) is 0 Å². The summed E-state index contributed by atoms with van der Waals surface area (Å²) in [7, 11) is 1.64. The summed E-state index contributed by atoms with van der Waals surface area (Å²) in [5.41, 5.74) is 1.05. The third kappa shape index (κ3) is 1.85. The van der Waals surface area contributed by atoms with E-state index in [9.17, 15) is 4.79 Å². The Kier molecular flexibility index (Phi) is 2.93. The second kappa shape index (κ2) is 4.59. The quantitative estimate of drug-likeness (QED) is 0.829. The highest BCUT2D eigenvalue weighted by Gasteiger charge is 2.42. The van der Waals surface area contributed by atoms with Gasteiger partial charge in [-0.25, -0.2) is 0 Å². The average Bonchev–Trinajstić information content (AvgIpc) is 2.77. The molecule has 18 heavy (non-hydrogen) atoms. The predicted octanol–water partition coefficient (Wildman–Crippen LogP) is 0.524. The van der Waals surface area contributed by atoms with Gasteiger partial charge in [0, 0.05) is 6.54 Å². The molecule has 1 amide bonds. The number of morpholine rings is 1. The first kappa shape index (κ1) is 11.5. The van der Waals surface area contributed by atoms with Gasteiger partial charge in [-0.2, -0.15) is 0 Å². The number of hydrogen-bond acceptors (Lipinski definition) is 4. The standard InChI is InChI=1S/C13H16N2O3/c1-17-10-4-2-3-9(7-10)12-14-13(16)11-8-18-6-5-15(11)12/h2-4,7,11-12H,5-6,8H2,1H3,(H,14,16). The largest absolute Gasteiger partial charge is 0.497 e. The third-order valence-electron chi connectivity index (χ3n) is 3.49. The van der Waals surface area contributed by atoms with Gasteiger partial charge in [-0.1, -0.05) is 12.1 Å². The Bertz CT molecular complexity index is 463. The molecule has 3 rings (SSSR count). The first-order valence-electron chi connectivity index (χ1n) is 6.07. The van der Waals surface area contributed by atoms with Crippen LogP contribution in [0.5, 0.6) is 5.75 Å². The van der Waals surface area contributed by atoms with Crippen LogP contribution in [-0.4, -0.2) is 43.7 Å². The molecule has 5 nitrogen and oxygen atoms in total. The molecule has 0 aromatic heterocycles. The molecular formula is C13H16N2O3. The fourth-order valence-corrected chi connectivity index (χ4v) is 2.55. The van der Waals surface area contributed by atoms with Gasteiger partial charge in [0.15, 0.2) is 0 Å². The van der Waals surface area contributed by atoms with Crippen molar-refractivity contribution in [3.63, 3.8) is 0 Å². The maximum absolute atomic E-state index is 11.9. The minimum absolute atomic E-state index is 0.0440. The summed E-state index contributed by atoms with van der Waals surface area (Å²) in [5.74, 6) is 0.848. The lowest BCUT2D eigenvalue weighted by Gasteiger charge is -2.31. The zero-order valence-electron chi connectivity index (χ0n) is 10.3. The maximum atomic E-state index is 11.9. The van der Waals surface area contributed by atoms with Gasteiger partial charge in [0.05, 0.1) is 20.3 Å². The van der Waals surface area contributed by atoms with E-state index in [4.69, 9.17) is 9.47 Å². The minimum Gasteiger partial charge on any atom is -0.497 e.